The first-order chi connectivity index (χ1) is 30.0. The fourth-order valence-corrected chi connectivity index (χ4v) is 11.3. The number of phenols is 1. The fraction of sp³-hybridized carbons (Fsp3) is 0.417. The van der Waals surface area contributed by atoms with Crippen LogP contribution in [0, 0.1) is 33.5 Å². The molecule has 1 spiro atoms. The van der Waals surface area contributed by atoms with E-state index in [1.165, 1.54) is 23.9 Å². The van der Waals surface area contributed by atoms with E-state index in [4.69, 9.17) is 37.2 Å². The standard InChI is InChI=1S/C41H48N10O2.C7H4ClNO/c1-25(52)49-11-10-34-32(21-49)35(47-48(34)6)30-9-7-8-27-12-33(42-18-31(27)30)29-17-45-51(20-29)19-26-13-41(14-26)23-50(24-41)38-43-15-28(16-44-38)36(53)46-37-39(2,3)22-40(37,4)5;8-7-3-6(10)2-1-5(7)4-9/h7-9,12,15-18,20,26,37H,10-11,13-14,19,21-24H2,1-6H3,(H,46,53);1-3,10H. The predicted octanol–water partition coefficient (Wildman–Crippen LogP) is 7.58. The van der Waals surface area contributed by atoms with Gasteiger partial charge in [-0.05, 0) is 65.7 Å². The minimum Gasteiger partial charge on any atom is -0.508 e. The van der Waals surface area contributed by atoms with E-state index < -0.39 is 0 Å². The van der Waals surface area contributed by atoms with Gasteiger partial charge in [0.2, 0.25) is 11.9 Å². The Kier molecular flexibility index (Phi) is 10.5. The summed E-state index contributed by atoms with van der Waals surface area (Å²) >= 11 is 5.55. The number of benzene rings is 2. The molecule has 0 atom stereocenters. The van der Waals surface area contributed by atoms with Gasteiger partial charge in [-0.2, -0.15) is 15.5 Å². The van der Waals surface area contributed by atoms with Gasteiger partial charge in [-0.15, -0.1) is 0 Å². The average Bonchev–Trinajstić information content (AvgIpc) is 3.83. The molecule has 2 N–H and O–H groups in total. The van der Waals surface area contributed by atoms with Gasteiger partial charge in [0.1, 0.15) is 11.8 Å². The number of aryl methyl sites for hydroxylation is 1. The summed E-state index contributed by atoms with van der Waals surface area (Å²) in [5, 5.41) is 32.5. The minimum absolute atomic E-state index is 0.0731. The molecule has 3 fully saturated rings. The van der Waals surface area contributed by atoms with E-state index in [-0.39, 0.29) is 39.5 Å². The summed E-state index contributed by atoms with van der Waals surface area (Å²) in [5.41, 5.74) is 7.57. The van der Waals surface area contributed by atoms with Crippen LogP contribution in [-0.2, 0) is 31.4 Å². The van der Waals surface area contributed by atoms with Crippen LogP contribution >= 0.6 is 11.6 Å². The number of halogens is 1. The first kappa shape index (κ1) is 42.0. The van der Waals surface area contributed by atoms with Crippen molar-refractivity contribution in [1.82, 2.24) is 44.7 Å². The fourth-order valence-electron chi connectivity index (χ4n) is 11.0. The Morgan fingerprint density at radius 2 is 1.75 bits per heavy atom. The van der Waals surface area contributed by atoms with Crippen LogP contribution in [0.5, 0.6) is 5.75 Å². The number of amides is 2. The third-order valence-corrected chi connectivity index (χ3v) is 13.9. The second-order valence-electron chi connectivity index (χ2n) is 19.4. The number of nitrogens with zero attached hydrogens (tertiary/aromatic N) is 10. The van der Waals surface area contributed by atoms with Crippen LogP contribution in [0.3, 0.4) is 0 Å². The number of carbonyl (C=O) groups is 2. The van der Waals surface area contributed by atoms with Crippen LogP contribution in [0.25, 0.3) is 33.3 Å². The first-order valence-electron chi connectivity index (χ1n) is 21.5. The van der Waals surface area contributed by atoms with E-state index in [0.29, 0.717) is 35.0 Å². The number of carbonyl (C=O) groups excluding carboxylic acids is 2. The molecule has 2 amide bonds. The molecule has 1 saturated heterocycles. The molecule has 2 saturated carbocycles. The number of fused-ring (bicyclic) bond motifs is 2. The maximum absolute atomic E-state index is 13.0. The van der Waals surface area contributed by atoms with Gasteiger partial charge >= 0.3 is 0 Å². The molecule has 324 valence electrons. The summed E-state index contributed by atoms with van der Waals surface area (Å²) in [6, 6.07) is 14.7. The summed E-state index contributed by atoms with van der Waals surface area (Å²) in [4.78, 5) is 43.3. The van der Waals surface area contributed by atoms with Crippen LogP contribution in [0.2, 0.25) is 5.02 Å². The zero-order valence-electron chi connectivity index (χ0n) is 36.6. The van der Waals surface area contributed by atoms with Crippen molar-refractivity contribution in [3.8, 4) is 34.3 Å². The number of anilines is 1. The van der Waals surface area contributed by atoms with E-state index in [1.54, 1.807) is 19.3 Å². The summed E-state index contributed by atoms with van der Waals surface area (Å²) < 4.78 is 4.03. The lowest BCUT2D eigenvalue weighted by atomic mass is 9.52. The summed E-state index contributed by atoms with van der Waals surface area (Å²) in [5.74, 6) is 1.34. The highest BCUT2D eigenvalue weighted by Crippen LogP contribution is 2.54. The molecule has 10 rings (SSSR count). The normalized spacial score (nSPS) is 18.3. The van der Waals surface area contributed by atoms with Gasteiger partial charge in [0.25, 0.3) is 5.91 Å². The van der Waals surface area contributed by atoms with E-state index in [1.807, 2.05) is 35.1 Å². The van der Waals surface area contributed by atoms with Crippen molar-refractivity contribution in [2.24, 2.45) is 29.2 Å². The van der Waals surface area contributed by atoms with Crippen molar-refractivity contribution >= 4 is 40.1 Å². The highest BCUT2D eigenvalue weighted by Gasteiger charge is 2.54. The summed E-state index contributed by atoms with van der Waals surface area (Å²) in [7, 11) is 1.99. The Bertz CT molecular complexity index is 2780. The topological polar surface area (TPSA) is 171 Å². The van der Waals surface area contributed by atoms with Crippen molar-refractivity contribution in [2.45, 2.75) is 79.4 Å². The van der Waals surface area contributed by atoms with Crippen LogP contribution in [0.1, 0.15) is 81.1 Å². The molecule has 2 aliphatic carbocycles. The number of hydrogen-bond acceptors (Lipinski definition) is 10. The monoisotopic (exact) mass is 865 g/mol. The molecule has 0 bridgehead atoms. The molecule has 14 nitrogen and oxygen atoms in total. The second kappa shape index (κ2) is 15.8. The Hall–Kier alpha value is -6.33. The van der Waals surface area contributed by atoms with Gasteiger partial charge in [0, 0.05) is 117 Å². The maximum atomic E-state index is 13.0. The van der Waals surface area contributed by atoms with Crippen molar-refractivity contribution < 1.29 is 14.7 Å². The molecule has 63 heavy (non-hydrogen) atoms. The second-order valence-corrected chi connectivity index (χ2v) is 19.8. The SMILES string of the molecule is CC(=O)N1CCc2c(c(-c3cccc4cc(-c5cnn(CC6CC7(C6)CN(c6ncc(C(=O)NC8C(C)(C)CC8(C)C)cn6)C7)c5)ncc34)nn2C)C1.N#Cc1ccc(O)cc1Cl. The highest BCUT2D eigenvalue weighted by atomic mass is 35.5. The smallest absolute Gasteiger partial charge is 0.254 e. The Balaban J connectivity index is 0.000000446. The van der Waals surface area contributed by atoms with E-state index >= 15 is 0 Å². The van der Waals surface area contributed by atoms with E-state index in [9.17, 15) is 9.59 Å². The zero-order valence-corrected chi connectivity index (χ0v) is 37.3. The summed E-state index contributed by atoms with van der Waals surface area (Å²) in [6.45, 7) is 14.6. The van der Waals surface area contributed by atoms with E-state index in [0.717, 1.165) is 90.7 Å². The van der Waals surface area contributed by atoms with Gasteiger partial charge in [0.05, 0.1) is 33.7 Å². The lowest BCUT2D eigenvalue weighted by Gasteiger charge is -2.59. The van der Waals surface area contributed by atoms with Crippen molar-refractivity contribution in [3.63, 3.8) is 0 Å². The number of pyridine rings is 1. The van der Waals surface area contributed by atoms with Crippen molar-refractivity contribution in [2.75, 3.05) is 24.5 Å². The van der Waals surface area contributed by atoms with Crippen molar-refractivity contribution in [3.05, 3.63) is 101 Å². The lowest BCUT2D eigenvalue weighted by molar-refractivity contribution is -0.129. The molecule has 6 aromatic rings. The van der Waals surface area contributed by atoms with Crippen LogP contribution in [0.4, 0.5) is 5.95 Å². The Morgan fingerprint density at radius 1 is 1.00 bits per heavy atom. The molecule has 15 heteroatoms. The molecule has 4 aromatic heterocycles. The van der Waals surface area contributed by atoms with Gasteiger partial charge < -0.3 is 20.2 Å². The zero-order chi connectivity index (χ0) is 44.4. The quantitative estimate of drug-likeness (QED) is 0.163. The first-order valence-corrected chi connectivity index (χ1v) is 21.9. The number of nitriles is 1. The lowest BCUT2D eigenvalue weighted by Crippen LogP contribution is -2.63. The number of phenolic OH excluding ortho intramolecular Hbond substituents is 1. The molecule has 0 radical (unpaired) electrons. The maximum Gasteiger partial charge on any atom is 0.254 e. The number of rotatable bonds is 7. The highest BCUT2D eigenvalue weighted by molar-refractivity contribution is 6.31. The van der Waals surface area contributed by atoms with Crippen LogP contribution < -0.4 is 10.2 Å². The van der Waals surface area contributed by atoms with Gasteiger partial charge in [-0.3, -0.25) is 23.9 Å². The largest absolute Gasteiger partial charge is 0.508 e. The third-order valence-electron chi connectivity index (χ3n) is 13.6. The Morgan fingerprint density at radius 3 is 2.43 bits per heavy atom. The van der Waals surface area contributed by atoms with Gasteiger partial charge in [-0.25, -0.2) is 9.97 Å². The Labute approximate surface area is 371 Å². The molecule has 6 heterocycles. The number of aromatic nitrogens is 7. The summed E-state index contributed by atoms with van der Waals surface area (Å²) in [6.07, 6.45) is 13.5. The molecule has 2 aliphatic heterocycles. The van der Waals surface area contributed by atoms with E-state index in [2.05, 4.69) is 83.0 Å². The van der Waals surface area contributed by atoms with Crippen molar-refractivity contribution in [1.29, 1.82) is 5.26 Å². The van der Waals surface area contributed by atoms with Crippen LogP contribution in [-0.4, -0.2) is 82.0 Å². The predicted molar refractivity (Wildman–Crippen MR) is 241 cm³/mol. The molecule has 0 unspecified atom stereocenters. The number of aromatic hydroxyl groups is 1. The number of hydrogen-bond donors (Lipinski definition) is 2. The molecule has 2 aromatic carbocycles. The molecular weight excluding hydrogens is 814 g/mol. The third kappa shape index (κ3) is 7.99. The van der Waals surface area contributed by atoms with Gasteiger partial charge in [-0.1, -0.05) is 57.5 Å². The van der Waals surface area contributed by atoms with Gasteiger partial charge in [0.15, 0.2) is 0 Å². The number of nitrogens with one attached hydrogen (secondary N) is 1. The molecular formula is C48H52ClN11O3. The average molecular weight is 866 g/mol. The molecule has 4 aliphatic rings. The van der Waals surface area contributed by atoms with Crippen LogP contribution in [0.15, 0.2) is 73.4 Å². The minimum atomic E-state index is -0.0978.